The Balaban J connectivity index is 3.15. The summed E-state index contributed by atoms with van der Waals surface area (Å²) in [6.07, 6.45) is 1.23. The van der Waals surface area contributed by atoms with Gasteiger partial charge in [0.2, 0.25) is 0 Å². The molecule has 1 atom stereocenters. The van der Waals surface area contributed by atoms with Gasteiger partial charge in [-0.1, -0.05) is 0 Å². The van der Waals surface area contributed by atoms with E-state index in [1.54, 1.807) is 0 Å². The Morgan fingerprint density at radius 2 is 2.17 bits per heavy atom. The summed E-state index contributed by atoms with van der Waals surface area (Å²) in [6, 6.07) is 0. The molecule has 0 spiro atoms. The quantitative estimate of drug-likeness (QED) is 0.753. The topological polar surface area (TPSA) is 121 Å². The van der Waals surface area contributed by atoms with Crippen molar-refractivity contribution in [3.8, 4) is 0 Å². The largest absolute Gasteiger partial charge is 0.772 e. The van der Waals surface area contributed by atoms with Crippen molar-refractivity contribution in [2.45, 2.75) is 32.1 Å². The number of amides is 1. The Morgan fingerprint density at radius 1 is 1.56 bits per heavy atom. The highest BCUT2D eigenvalue weighted by molar-refractivity contribution is 7.78. The third-order valence-electron chi connectivity index (χ3n) is 1.84. The number of carbonyl (C=O) groups excluding carboxylic acids is 1. The van der Waals surface area contributed by atoms with E-state index in [2.05, 4.69) is 15.3 Å². The zero-order chi connectivity index (χ0) is 13.9. The van der Waals surface area contributed by atoms with Gasteiger partial charge >= 0.3 is 0 Å². The van der Waals surface area contributed by atoms with Crippen LogP contribution >= 0.6 is 0 Å². The second kappa shape index (κ2) is 5.40. The third kappa shape index (κ3) is 4.38. The molecule has 1 rings (SSSR count). The first kappa shape index (κ1) is 14.5. The van der Waals surface area contributed by atoms with Gasteiger partial charge in [-0.15, -0.1) is 0 Å². The summed E-state index contributed by atoms with van der Waals surface area (Å²) >= 11 is -2.28. The van der Waals surface area contributed by atoms with Crippen LogP contribution in [-0.4, -0.2) is 30.2 Å². The average Bonchev–Trinajstić information content (AvgIpc) is 2.13. The molecule has 0 fully saturated rings. The van der Waals surface area contributed by atoms with E-state index in [0.717, 1.165) is 0 Å². The number of primary amides is 1. The van der Waals surface area contributed by atoms with Gasteiger partial charge in [0.25, 0.3) is 5.91 Å². The van der Waals surface area contributed by atoms with Gasteiger partial charge in [0.15, 0.2) is 0 Å². The maximum Gasteiger partial charge on any atom is 0.254 e. The van der Waals surface area contributed by atoms with Crippen LogP contribution in [0.25, 0.3) is 0 Å². The molecule has 0 saturated heterocycles. The van der Waals surface area contributed by atoms with Crippen LogP contribution in [0.4, 0.5) is 5.82 Å². The van der Waals surface area contributed by atoms with E-state index in [-0.39, 0.29) is 28.5 Å². The van der Waals surface area contributed by atoms with Crippen LogP contribution < -0.4 is 11.1 Å². The zero-order valence-electron chi connectivity index (χ0n) is 10.4. The predicted octanol–water partition coefficient (Wildman–Crippen LogP) is 0.165. The summed E-state index contributed by atoms with van der Waals surface area (Å²) in [7, 11) is 0. The molecule has 1 unspecified atom stereocenters. The van der Waals surface area contributed by atoms with E-state index in [1.165, 1.54) is 6.20 Å². The molecule has 0 saturated carbocycles. The van der Waals surface area contributed by atoms with E-state index in [1.807, 2.05) is 20.8 Å². The minimum atomic E-state index is -2.28. The number of aromatic nitrogens is 2. The SMILES string of the molecule is CC(C)(C)Nc1nc(CS(=O)[O-])ncc1C(N)=O. The van der Waals surface area contributed by atoms with E-state index >= 15 is 0 Å². The number of rotatable bonds is 4. The maximum atomic E-state index is 11.2. The van der Waals surface area contributed by atoms with Crippen molar-refractivity contribution in [3.63, 3.8) is 0 Å². The summed E-state index contributed by atoms with van der Waals surface area (Å²) in [6.45, 7) is 5.64. The second-order valence-corrected chi connectivity index (χ2v) is 5.63. The first-order chi connectivity index (χ1) is 8.19. The first-order valence-electron chi connectivity index (χ1n) is 5.19. The number of hydrogen-bond acceptors (Lipinski definition) is 6. The Kier molecular flexibility index (Phi) is 4.36. The molecule has 0 bridgehead atoms. The number of nitrogens with one attached hydrogen (secondary N) is 1. The highest BCUT2D eigenvalue weighted by Crippen LogP contribution is 2.17. The molecule has 8 heteroatoms. The van der Waals surface area contributed by atoms with Crippen molar-refractivity contribution in [1.29, 1.82) is 0 Å². The van der Waals surface area contributed by atoms with Gasteiger partial charge < -0.3 is 15.6 Å². The fourth-order valence-corrected chi connectivity index (χ4v) is 1.57. The molecule has 0 radical (unpaired) electrons. The van der Waals surface area contributed by atoms with Crippen molar-refractivity contribution in [2.24, 2.45) is 5.73 Å². The fraction of sp³-hybridized carbons (Fsp3) is 0.500. The van der Waals surface area contributed by atoms with Crippen LogP contribution in [0.3, 0.4) is 0 Å². The molecule has 3 N–H and O–H groups in total. The number of nitrogens with two attached hydrogens (primary N) is 1. The van der Waals surface area contributed by atoms with Crippen LogP contribution in [0, 0.1) is 0 Å². The van der Waals surface area contributed by atoms with Crippen LogP contribution in [0.1, 0.15) is 37.0 Å². The van der Waals surface area contributed by atoms with Crippen LogP contribution in [-0.2, 0) is 16.8 Å². The smallest absolute Gasteiger partial charge is 0.254 e. The van der Waals surface area contributed by atoms with Gasteiger partial charge in [0, 0.05) is 11.7 Å². The number of carbonyl (C=O) groups is 1. The Hall–Kier alpha value is -1.54. The minimum Gasteiger partial charge on any atom is -0.772 e. The van der Waals surface area contributed by atoms with Crippen LogP contribution in [0.2, 0.25) is 0 Å². The lowest BCUT2D eigenvalue weighted by molar-refractivity contribution is 0.100. The van der Waals surface area contributed by atoms with Gasteiger partial charge in [-0.25, -0.2) is 9.97 Å². The van der Waals surface area contributed by atoms with Gasteiger partial charge in [0.05, 0.1) is 11.3 Å². The molecule has 18 heavy (non-hydrogen) atoms. The van der Waals surface area contributed by atoms with E-state index < -0.39 is 17.0 Å². The minimum absolute atomic E-state index is 0.111. The summed E-state index contributed by atoms with van der Waals surface area (Å²) in [5.74, 6) is -0.625. The van der Waals surface area contributed by atoms with E-state index in [0.29, 0.717) is 0 Å². The summed E-state index contributed by atoms with van der Waals surface area (Å²) in [5.41, 5.74) is 4.99. The molecule has 0 aliphatic carbocycles. The molecule has 0 aliphatic heterocycles. The van der Waals surface area contributed by atoms with Gasteiger partial charge in [-0.05, 0) is 31.9 Å². The zero-order valence-corrected chi connectivity index (χ0v) is 11.2. The highest BCUT2D eigenvalue weighted by Gasteiger charge is 2.17. The molecule has 0 aromatic carbocycles. The lowest BCUT2D eigenvalue weighted by atomic mass is 10.1. The van der Waals surface area contributed by atoms with Crippen LogP contribution in [0.5, 0.6) is 0 Å². The van der Waals surface area contributed by atoms with Crippen molar-refractivity contribution in [3.05, 3.63) is 17.6 Å². The van der Waals surface area contributed by atoms with Gasteiger partial charge in [0.1, 0.15) is 11.6 Å². The third-order valence-corrected chi connectivity index (χ3v) is 2.34. The average molecular weight is 271 g/mol. The Morgan fingerprint density at radius 3 is 2.61 bits per heavy atom. The van der Waals surface area contributed by atoms with Crippen molar-refractivity contribution in [2.75, 3.05) is 5.32 Å². The van der Waals surface area contributed by atoms with Crippen molar-refractivity contribution >= 4 is 22.8 Å². The fourth-order valence-electron chi connectivity index (χ4n) is 1.22. The first-order valence-corrected chi connectivity index (χ1v) is 6.43. The lowest BCUT2D eigenvalue weighted by Crippen LogP contribution is -2.29. The Labute approximate surface area is 107 Å². The number of hydrogen-bond donors (Lipinski definition) is 2. The van der Waals surface area contributed by atoms with Crippen LogP contribution in [0.15, 0.2) is 6.20 Å². The molecular weight excluding hydrogens is 256 g/mol. The monoisotopic (exact) mass is 271 g/mol. The molecule has 7 nitrogen and oxygen atoms in total. The van der Waals surface area contributed by atoms with Crippen molar-refractivity contribution < 1.29 is 13.6 Å². The summed E-state index contributed by atoms with van der Waals surface area (Å²) < 4.78 is 21.2. The molecule has 1 amide bonds. The molecular formula is C10H15N4O3S-. The summed E-state index contributed by atoms with van der Waals surface area (Å²) in [5, 5.41) is 2.99. The summed E-state index contributed by atoms with van der Waals surface area (Å²) in [4.78, 5) is 19.0. The lowest BCUT2D eigenvalue weighted by Gasteiger charge is -2.22. The Bertz CT molecular complexity index is 485. The molecule has 1 aromatic rings. The van der Waals surface area contributed by atoms with E-state index in [9.17, 15) is 13.6 Å². The molecule has 0 aliphatic rings. The predicted molar refractivity (Wildman–Crippen MR) is 66.5 cm³/mol. The second-order valence-electron chi connectivity index (χ2n) is 4.74. The van der Waals surface area contributed by atoms with Gasteiger partial charge in [-0.3, -0.25) is 9.00 Å². The normalized spacial score (nSPS) is 13.1. The maximum absolute atomic E-state index is 11.2. The molecule has 100 valence electrons. The van der Waals surface area contributed by atoms with Crippen molar-refractivity contribution in [1.82, 2.24) is 9.97 Å². The van der Waals surface area contributed by atoms with Gasteiger partial charge in [-0.2, -0.15) is 0 Å². The molecule has 1 heterocycles. The number of anilines is 1. The highest BCUT2D eigenvalue weighted by atomic mass is 32.2. The molecule has 1 aromatic heterocycles. The van der Waals surface area contributed by atoms with E-state index in [4.69, 9.17) is 5.73 Å². The number of nitrogens with zero attached hydrogens (tertiary/aromatic N) is 2. The standard InChI is InChI=1S/C10H16N4O3S/c1-10(2,3)14-9-6(8(11)15)4-12-7(13-9)5-18(16)17/h4H,5H2,1-3H3,(H2,11,15)(H,16,17)(H,12,13,14)/p-1.